The third-order valence-electron chi connectivity index (χ3n) is 5.89. The van der Waals surface area contributed by atoms with Gasteiger partial charge in [-0.1, -0.05) is 0 Å². The van der Waals surface area contributed by atoms with Crippen LogP contribution < -0.4 is 4.74 Å². The van der Waals surface area contributed by atoms with Crippen LogP contribution in [0.1, 0.15) is 39.3 Å². The SMILES string of the molecule is COc1ccc(-n2nc(C3(O)CCN(C(=O)OC(C)(C)C)CC3)cc2-c2ccc(F)cc2)cc1. The quantitative estimate of drug-likeness (QED) is 0.590. The minimum absolute atomic E-state index is 0.326. The summed E-state index contributed by atoms with van der Waals surface area (Å²) in [5, 5.41) is 16.3. The lowest BCUT2D eigenvalue weighted by molar-refractivity contribution is -0.0383. The minimum atomic E-state index is -1.20. The van der Waals surface area contributed by atoms with Gasteiger partial charge in [-0.05, 0) is 88.2 Å². The molecule has 1 aliphatic heterocycles. The lowest BCUT2D eigenvalue weighted by atomic mass is 9.88. The van der Waals surface area contributed by atoms with Crippen LogP contribution in [0, 0.1) is 5.82 Å². The van der Waals surface area contributed by atoms with Crippen molar-refractivity contribution in [3.05, 3.63) is 66.1 Å². The van der Waals surface area contributed by atoms with Gasteiger partial charge in [-0.2, -0.15) is 5.10 Å². The van der Waals surface area contributed by atoms with E-state index in [9.17, 15) is 14.3 Å². The van der Waals surface area contributed by atoms with Gasteiger partial charge in [0.2, 0.25) is 0 Å². The maximum atomic E-state index is 13.6. The third kappa shape index (κ3) is 5.07. The number of carbonyl (C=O) groups excluding carboxylic acids is 1. The Morgan fingerprint density at radius 3 is 2.24 bits per heavy atom. The summed E-state index contributed by atoms with van der Waals surface area (Å²) in [5.41, 5.74) is 0.999. The third-order valence-corrected chi connectivity index (χ3v) is 5.89. The average molecular weight is 468 g/mol. The topological polar surface area (TPSA) is 76.8 Å². The van der Waals surface area contributed by atoms with Crippen LogP contribution in [0.2, 0.25) is 0 Å². The first-order valence-electron chi connectivity index (χ1n) is 11.3. The molecule has 1 saturated heterocycles. The Labute approximate surface area is 198 Å². The van der Waals surface area contributed by atoms with Gasteiger partial charge in [0.25, 0.3) is 0 Å². The number of aromatic nitrogens is 2. The molecule has 0 spiro atoms. The summed E-state index contributed by atoms with van der Waals surface area (Å²) < 4.78 is 26.0. The van der Waals surface area contributed by atoms with Crippen molar-refractivity contribution in [2.45, 2.75) is 44.8 Å². The van der Waals surface area contributed by atoms with E-state index in [4.69, 9.17) is 14.6 Å². The van der Waals surface area contributed by atoms with Gasteiger partial charge in [-0.25, -0.2) is 13.9 Å². The molecule has 3 aromatic rings. The van der Waals surface area contributed by atoms with E-state index in [0.717, 1.165) is 16.9 Å². The molecule has 0 saturated carbocycles. The maximum Gasteiger partial charge on any atom is 0.410 e. The molecule has 2 aromatic carbocycles. The summed E-state index contributed by atoms with van der Waals surface area (Å²) in [7, 11) is 1.60. The van der Waals surface area contributed by atoms with Crippen molar-refractivity contribution in [1.82, 2.24) is 14.7 Å². The highest BCUT2D eigenvalue weighted by Crippen LogP contribution is 2.36. The molecule has 8 heteroatoms. The van der Waals surface area contributed by atoms with E-state index < -0.39 is 11.2 Å². The van der Waals surface area contributed by atoms with Crippen LogP contribution in [-0.2, 0) is 10.3 Å². The summed E-state index contributed by atoms with van der Waals surface area (Å²) in [6.07, 6.45) is 0.272. The Hall–Kier alpha value is -3.39. The number of carbonyl (C=O) groups is 1. The molecule has 180 valence electrons. The van der Waals surface area contributed by atoms with Crippen LogP contribution in [0.15, 0.2) is 54.6 Å². The summed E-state index contributed by atoms with van der Waals surface area (Å²) >= 11 is 0. The lowest BCUT2D eigenvalue weighted by Gasteiger charge is -2.37. The molecule has 7 nitrogen and oxygen atoms in total. The monoisotopic (exact) mass is 467 g/mol. The van der Waals surface area contributed by atoms with Crippen molar-refractivity contribution >= 4 is 6.09 Å². The first kappa shape index (κ1) is 23.8. The van der Waals surface area contributed by atoms with Crippen molar-refractivity contribution < 1.29 is 23.8 Å². The number of benzene rings is 2. The molecule has 2 heterocycles. The van der Waals surface area contributed by atoms with Crippen LogP contribution in [0.5, 0.6) is 5.75 Å². The number of amides is 1. The van der Waals surface area contributed by atoms with Crippen LogP contribution in [0.3, 0.4) is 0 Å². The van der Waals surface area contributed by atoms with Gasteiger partial charge >= 0.3 is 6.09 Å². The van der Waals surface area contributed by atoms with Gasteiger partial charge in [0.1, 0.15) is 22.8 Å². The van der Waals surface area contributed by atoms with Gasteiger partial charge in [0, 0.05) is 18.7 Å². The molecule has 1 aliphatic rings. The largest absolute Gasteiger partial charge is 0.497 e. The van der Waals surface area contributed by atoms with Crippen molar-refractivity contribution in [2.75, 3.05) is 20.2 Å². The van der Waals surface area contributed by atoms with Gasteiger partial charge in [-0.3, -0.25) is 0 Å². The van der Waals surface area contributed by atoms with Gasteiger partial charge in [-0.15, -0.1) is 0 Å². The molecule has 1 aromatic heterocycles. The molecule has 34 heavy (non-hydrogen) atoms. The van der Waals surface area contributed by atoms with E-state index >= 15 is 0 Å². The highest BCUT2D eigenvalue weighted by molar-refractivity contribution is 5.68. The molecule has 1 N–H and O–H groups in total. The molecule has 1 amide bonds. The van der Waals surface area contributed by atoms with E-state index in [1.54, 1.807) is 28.8 Å². The number of aliphatic hydroxyl groups is 1. The number of likely N-dealkylation sites (tertiary alicyclic amines) is 1. The fraction of sp³-hybridized carbons (Fsp3) is 0.385. The number of hydrogen-bond donors (Lipinski definition) is 1. The number of hydrogen-bond acceptors (Lipinski definition) is 5. The molecule has 0 radical (unpaired) electrons. The number of rotatable bonds is 4. The molecule has 4 rings (SSSR count). The second-order valence-corrected chi connectivity index (χ2v) is 9.53. The number of piperidine rings is 1. The maximum absolute atomic E-state index is 13.6. The lowest BCUT2D eigenvalue weighted by Crippen LogP contribution is -2.47. The van der Waals surface area contributed by atoms with Crippen LogP contribution in [0.25, 0.3) is 16.9 Å². The van der Waals surface area contributed by atoms with E-state index in [2.05, 4.69) is 0 Å². The van der Waals surface area contributed by atoms with Crippen LogP contribution in [0.4, 0.5) is 9.18 Å². The summed E-state index contributed by atoms with van der Waals surface area (Å²) in [4.78, 5) is 14.0. The van der Waals surface area contributed by atoms with E-state index in [0.29, 0.717) is 37.4 Å². The summed E-state index contributed by atoms with van der Waals surface area (Å²) in [6, 6.07) is 15.4. The van der Waals surface area contributed by atoms with Crippen molar-refractivity contribution in [1.29, 1.82) is 0 Å². The molecule has 0 atom stereocenters. The number of nitrogens with zero attached hydrogens (tertiary/aromatic N) is 3. The Bertz CT molecular complexity index is 1140. The Kier molecular flexibility index (Phi) is 6.36. The van der Waals surface area contributed by atoms with Gasteiger partial charge in [0.15, 0.2) is 0 Å². The Balaban J connectivity index is 1.64. The second-order valence-electron chi connectivity index (χ2n) is 9.53. The first-order valence-corrected chi connectivity index (χ1v) is 11.3. The smallest absolute Gasteiger partial charge is 0.410 e. The highest BCUT2D eigenvalue weighted by atomic mass is 19.1. The predicted molar refractivity (Wildman–Crippen MR) is 126 cm³/mol. The summed E-state index contributed by atoms with van der Waals surface area (Å²) in [6.45, 7) is 6.19. The van der Waals surface area contributed by atoms with Gasteiger partial charge < -0.3 is 19.5 Å². The standard InChI is InChI=1S/C26H30FN3O4/c1-25(2,3)34-24(31)29-15-13-26(32,14-16-29)23-17-22(18-5-7-19(27)8-6-18)30(28-23)20-9-11-21(33-4)12-10-20/h5-12,17,32H,13-16H2,1-4H3. The zero-order chi connectivity index (χ0) is 24.5. The first-order chi connectivity index (χ1) is 16.1. The highest BCUT2D eigenvalue weighted by Gasteiger charge is 2.39. The fourth-order valence-corrected chi connectivity index (χ4v) is 4.00. The van der Waals surface area contributed by atoms with E-state index in [1.807, 2.05) is 51.1 Å². The zero-order valence-corrected chi connectivity index (χ0v) is 19.9. The molecule has 0 unspecified atom stereocenters. The molecule has 0 bridgehead atoms. The zero-order valence-electron chi connectivity index (χ0n) is 19.9. The second kappa shape index (κ2) is 9.10. The summed E-state index contributed by atoms with van der Waals surface area (Å²) in [5.74, 6) is 0.389. The van der Waals surface area contributed by atoms with Crippen molar-refractivity contribution in [2.24, 2.45) is 0 Å². The minimum Gasteiger partial charge on any atom is -0.497 e. The number of methoxy groups -OCH3 is 1. The normalized spacial score (nSPS) is 15.8. The Morgan fingerprint density at radius 2 is 1.68 bits per heavy atom. The average Bonchev–Trinajstić information content (AvgIpc) is 3.25. The van der Waals surface area contributed by atoms with Crippen LogP contribution in [-0.4, -0.2) is 51.7 Å². The molecule has 0 aliphatic carbocycles. The molecule has 1 fully saturated rings. The van der Waals surface area contributed by atoms with Gasteiger partial charge in [0.05, 0.1) is 24.2 Å². The van der Waals surface area contributed by atoms with E-state index in [1.165, 1.54) is 12.1 Å². The fourth-order valence-electron chi connectivity index (χ4n) is 4.00. The predicted octanol–water partition coefficient (Wildman–Crippen LogP) is 4.91. The Morgan fingerprint density at radius 1 is 1.06 bits per heavy atom. The number of halogens is 1. The van der Waals surface area contributed by atoms with Crippen molar-refractivity contribution in [3.63, 3.8) is 0 Å². The van der Waals surface area contributed by atoms with Crippen molar-refractivity contribution in [3.8, 4) is 22.7 Å². The number of ether oxygens (including phenoxy) is 2. The molecular weight excluding hydrogens is 437 g/mol. The van der Waals surface area contributed by atoms with E-state index in [-0.39, 0.29) is 11.9 Å². The van der Waals surface area contributed by atoms with Crippen LogP contribution >= 0.6 is 0 Å². The molecular formula is C26H30FN3O4.